The topological polar surface area (TPSA) is 75.3 Å². The molecular weight excluding hydrogens is 412 g/mol. The van der Waals surface area contributed by atoms with Gasteiger partial charge in [-0.15, -0.1) is 0 Å². The van der Waals surface area contributed by atoms with E-state index in [1.807, 2.05) is 0 Å². The fourth-order valence-corrected chi connectivity index (χ4v) is 3.21. The minimum absolute atomic E-state index is 0.0173. The van der Waals surface area contributed by atoms with Crippen molar-refractivity contribution < 1.29 is 18.3 Å². The van der Waals surface area contributed by atoms with Gasteiger partial charge in [0.25, 0.3) is 11.5 Å². The van der Waals surface area contributed by atoms with Crippen molar-refractivity contribution in [3.8, 4) is 0 Å². The van der Waals surface area contributed by atoms with Crippen molar-refractivity contribution in [3.63, 3.8) is 0 Å². The number of halogens is 3. The molecule has 1 amide bonds. The van der Waals surface area contributed by atoms with E-state index >= 15 is 0 Å². The summed E-state index contributed by atoms with van der Waals surface area (Å²) >= 11 is 3.29. The fraction of sp³-hybridized carbons (Fsp3) is 0.471. The molecule has 0 unspecified atom stereocenters. The standard InChI is InChI=1S/C17H18BrF2N3O3/c1-16(2,3)26-15(25)23-8-17(19,20)7-12(23)13-21-11-6-9(18)4-5-10(11)14(24)22-13/h4-6,12H,7-8H2,1-3H3,(H,21,22,24)/t12-/m0/s1. The van der Waals surface area contributed by atoms with Gasteiger partial charge in [-0.3, -0.25) is 9.69 Å². The first-order valence-corrected chi connectivity index (χ1v) is 8.81. The van der Waals surface area contributed by atoms with Crippen molar-refractivity contribution in [3.05, 3.63) is 38.9 Å². The molecule has 0 radical (unpaired) electrons. The van der Waals surface area contributed by atoms with Crippen LogP contribution in [0.3, 0.4) is 0 Å². The van der Waals surface area contributed by atoms with E-state index in [0.29, 0.717) is 15.4 Å². The van der Waals surface area contributed by atoms with Crippen LogP contribution in [0.4, 0.5) is 13.6 Å². The molecular formula is C17H18BrF2N3O3. The van der Waals surface area contributed by atoms with Gasteiger partial charge in [-0.25, -0.2) is 18.6 Å². The van der Waals surface area contributed by atoms with Crippen LogP contribution in [-0.2, 0) is 4.74 Å². The lowest BCUT2D eigenvalue weighted by Crippen LogP contribution is -2.38. The molecule has 9 heteroatoms. The molecule has 1 aromatic carbocycles. The van der Waals surface area contributed by atoms with Crippen LogP contribution < -0.4 is 5.56 Å². The van der Waals surface area contributed by atoms with Crippen LogP contribution in [0.5, 0.6) is 0 Å². The van der Waals surface area contributed by atoms with Crippen molar-refractivity contribution in [1.29, 1.82) is 0 Å². The van der Waals surface area contributed by atoms with Crippen LogP contribution in [0.2, 0.25) is 0 Å². The zero-order valence-corrected chi connectivity index (χ0v) is 16.1. The summed E-state index contributed by atoms with van der Waals surface area (Å²) in [7, 11) is 0. The van der Waals surface area contributed by atoms with E-state index in [0.717, 1.165) is 4.90 Å². The van der Waals surface area contributed by atoms with Crippen molar-refractivity contribution >= 4 is 32.9 Å². The van der Waals surface area contributed by atoms with Gasteiger partial charge in [0.2, 0.25) is 0 Å². The maximum absolute atomic E-state index is 14.0. The van der Waals surface area contributed by atoms with Crippen LogP contribution in [0, 0.1) is 0 Å². The summed E-state index contributed by atoms with van der Waals surface area (Å²) in [6.45, 7) is 4.18. The monoisotopic (exact) mass is 429 g/mol. The Bertz CT molecular complexity index is 924. The molecule has 140 valence electrons. The molecule has 2 heterocycles. The smallest absolute Gasteiger partial charge is 0.411 e. The Balaban J connectivity index is 2.03. The number of likely N-dealkylation sites (tertiary alicyclic amines) is 1. The fourth-order valence-electron chi connectivity index (χ4n) is 2.86. The quantitative estimate of drug-likeness (QED) is 0.742. The number of hydrogen-bond donors (Lipinski definition) is 1. The second kappa shape index (κ2) is 6.29. The molecule has 1 aliphatic rings. The summed E-state index contributed by atoms with van der Waals surface area (Å²) in [5, 5.41) is 0.338. The van der Waals surface area contributed by atoms with Crippen LogP contribution in [0.1, 0.15) is 39.1 Å². The number of carbonyl (C=O) groups is 1. The third kappa shape index (κ3) is 3.87. The average Bonchev–Trinajstić information content (AvgIpc) is 2.81. The Kier molecular flexibility index (Phi) is 4.54. The Morgan fingerprint density at radius 3 is 2.77 bits per heavy atom. The number of hydrogen-bond acceptors (Lipinski definition) is 4. The molecule has 1 atom stereocenters. The summed E-state index contributed by atoms with van der Waals surface area (Å²) in [5.41, 5.74) is -0.913. The van der Waals surface area contributed by atoms with Gasteiger partial charge in [-0.1, -0.05) is 15.9 Å². The van der Waals surface area contributed by atoms with Crippen LogP contribution >= 0.6 is 15.9 Å². The summed E-state index contributed by atoms with van der Waals surface area (Å²) in [5.74, 6) is -3.07. The number of benzene rings is 1. The van der Waals surface area contributed by atoms with Crippen molar-refractivity contribution in [2.45, 2.75) is 44.8 Å². The lowest BCUT2D eigenvalue weighted by Gasteiger charge is -2.27. The minimum atomic E-state index is -3.09. The Morgan fingerprint density at radius 1 is 1.42 bits per heavy atom. The van der Waals surface area contributed by atoms with Gasteiger partial charge in [-0.2, -0.15) is 0 Å². The SMILES string of the molecule is CC(C)(C)OC(=O)N1CC(F)(F)C[C@H]1c1nc2cc(Br)ccc2c(=O)[nH]1. The molecule has 1 N–H and O–H groups in total. The van der Waals surface area contributed by atoms with Crippen molar-refractivity contribution in [1.82, 2.24) is 14.9 Å². The number of ether oxygens (including phenoxy) is 1. The number of fused-ring (bicyclic) bond motifs is 1. The second-order valence-electron chi connectivity index (χ2n) is 7.30. The molecule has 2 aromatic rings. The summed E-state index contributed by atoms with van der Waals surface area (Å²) in [6.07, 6.45) is -1.49. The maximum Gasteiger partial charge on any atom is 0.411 e. The number of amides is 1. The van der Waals surface area contributed by atoms with Gasteiger partial charge in [0.05, 0.1) is 23.5 Å². The molecule has 1 aromatic heterocycles. The highest BCUT2D eigenvalue weighted by Gasteiger charge is 2.49. The van der Waals surface area contributed by atoms with Crippen molar-refractivity contribution in [2.24, 2.45) is 0 Å². The predicted molar refractivity (Wildman–Crippen MR) is 95.3 cm³/mol. The first kappa shape index (κ1) is 18.8. The highest BCUT2D eigenvalue weighted by molar-refractivity contribution is 9.10. The molecule has 3 rings (SSSR count). The van der Waals surface area contributed by atoms with Crippen LogP contribution in [0.15, 0.2) is 27.5 Å². The van der Waals surface area contributed by atoms with Crippen molar-refractivity contribution in [2.75, 3.05) is 6.54 Å². The first-order valence-electron chi connectivity index (χ1n) is 8.02. The zero-order valence-electron chi connectivity index (χ0n) is 14.5. The Morgan fingerprint density at radius 2 is 2.12 bits per heavy atom. The summed E-state index contributed by atoms with van der Waals surface area (Å²) < 4.78 is 34.0. The highest BCUT2D eigenvalue weighted by Crippen LogP contribution is 2.40. The molecule has 0 spiro atoms. The molecule has 26 heavy (non-hydrogen) atoms. The number of aromatic nitrogens is 2. The number of H-pyrrole nitrogens is 1. The van der Waals surface area contributed by atoms with Gasteiger partial charge < -0.3 is 9.72 Å². The molecule has 1 fully saturated rings. The van der Waals surface area contributed by atoms with E-state index in [9.17, 15) is 18.4 Å². The average molecular weight is 430 g/mol. The number of alkyl halides is 2. The second-order valence-corrected chi connectivity index (χ2v) is 8.21. The summed E-state index contributed by atoms with van der Waals surface area (Å²) in [6, 6.07) is 3.83. The van der Waals surface area contributed by atoms with Gasteiger partial charge in [-0.05, 0) is 39.0 Å². The third-order valence-electron chi connectivity index (χ3n) is 3.90. The molecule has 1 aliphatic heterocycles. The molecule has 0 saturated carbocycles. The van der Waals surface area contributed by atoms with E-state index in [-0.39, 0.29) is 5.82 Å². The molecule has 0 aliphatic carbocycles. The maximum atomic E-state index is 14.0. The van der Waals surface area contributed by atoms with E-state index in [4.69, 9.17) is 4.74 Å². The first-order chi connectivity index (χ1) is 12.0. The molecule has 1 saturated heterocycles. The number of aromatic amines is 1. The van der Waals surface area contributed by atoms with E-state index < -0.39 is 42.2 Å². The lowest BCUT2D eigenvalue weighted by atomic mass is 10.1. The Hall–Kier alpha value is -2.03. The van der Waals surface area contributed by atoms with E-state index in [1.165, 1.54) is 0 Å². The van der Waals surface area contributed by atoms with E-state index in [2.05, 4.69) is 25.9 Å². The number of nitrogens with one attached hydrogen (secondary N) is 1. The predicted octanol–water partition coefficient (Wildman–Crippen LogP) is 4.00. The largest absolute Gasteiger partial charge is 0.444 e. The van der Waals surface area contributed by atoms with Crippen LogP contribution in [0.25, 0.3) is 10.9 Å². The lowest BCUT2D eigenvalue weighted by molar-refractivity contribution is -0.00248. The zero-order chi connectivity index (χ0) is 19.3. The van der Waals surface area contributed by atoms with Gasteiger partial charge >= 0.3 is 6.09 Å². The number of rotatable bonds is 1. The van der Waals surface area contributed by atoms with Crippen LogP contribution in [-0.4, -0.2) is 39.0 Å². The van der Waals surface area contributed by atoms with E-state index in [1.54, 1.807) is 39.0 Å². The van der Waals surface area contributed by atoms with Gasteiger partial charge in [0, 0.05) is 10.9 Å². The minimum Gasteiger partial charge on any atom is -0.444 e. The summed E-state index contributed by atoms with van der Waals surface area (Å²) in [4.78, 5) is 32.4. The number of carbonyl (C=O) groups excluding carboxylic acids is 1. The normalized spacial score (nSPS) is 19.8. The third-order valence-corrected chi connectivity index (χ3v) is 4.39. The van der Waals surface area contributed by atoms with Gasteiger partial charge in [0.15, 0.2) is 0 Å². The highest BCUT2D eigenvalue weighted by atomic mass is 79.9. The molecule has 0 bridgehead atoms. The Labute approximate surface area is 156 Å². The molecule has 6 nitrogen and oxygen atoms in total. The van der Waals surface area contributed by atoms with Gasteiger partial charge in [0.1, 0.15) is 11.4 Å². The number of nitrogens with zero attached hydrogens (tertiary/aromatic N) is 2.